The highest BCUT2D eigenvalue weighted by atomic mass is 19.3. The Morgan fingerprint density at radius 2 is 1.87 bits per heavy atom. The molecule has 4 heteroatoms. The molecule has 84 valence electrons. The molecule has 0 aliphatic rings. The molecule has 1 atom stereocenters. The molecule has 3 N–H and O–H groups in total. The van der Waals surface area contributed by atoms with Crippen LogP contribution in [0.2, 0.25) is 0 Å². The summed E-state index contributed by atoms with van der Waals surface area (Å²) in [6, 6.07) is 6.04. The van der Waals surface area contributed by atoms with Crippen molar-refractivity contribution >= 4 is 0 Å². The van der Waals surface area contributed by atoms with Crippen molar-refractivity contribution in [2.45, 2.75) is 32.2 Å². The van der Waals surface area contributed by atoms with Gasteiger partial charge in [0.05, 0.1) is 0 Å². The lowest BCUT2D eigenvalue weighted by Crippen LogP contribution is -2.32. The molecular formula is C11H16F2N2. The number of hydrogen-bond donors (Lipinski definition) is 2. The maximum Gasteiger partial charge on any atom is 0.259 e. The van der Waals surface area contributed by atoms with Crippen LogP contribution >= 0.6 is 0 Å². The lowest BCUT2D eigenvalue weighted by atomic mass is 10.0. The molecule has 1 rings (SSSR count). The first-order chi connectivity index (χ1) is 7.19. The quantitative estimate of drug-likeness (QED) is 0.583. The van der Waals surface area contributed by atoms with Gasteiger partial charge in [0.25, 0.3) is 6.43 Å². The van der Waals surface area contributed by atoms with Gasteiger partial charge >= 0.3 is 0 Å². The third-order valence-corrected chi connectivity index (χ3v) is 2.31. The molecule has 0 fully saturated rings. The van der Waals surface area contributed by atoms with Gasteiger partial charge in [-0.05, 0) is 17.5 Å². The minimum absolute atomic E-state index is 0.521. The lowest BCUT2D eigenvalue weighted by Gasteiger charge is -2.15. The van der Waals surface area contributed by atoms with E-state index in [4.69, 9.17) is 5.84 Å². The van der Waals surface area contributed by atoms with Gasteiger partial charge in [-0.3, -0.25) is 5.84 Å². The molecule has 0 spiro atoms. The number of nitrogens with one attached hydrogen (secondary N) is 1. The normalized spacial score (nSPS) is 13.1. The molecule has 15 heavy (non-hydrogen) atoms. The molecule has 0 aliphatic heterocycles. The summed E-state index contributed by atoms with van der Waals surface area (Å²) in [5.74, 6) is 5.07. The molecule has 0 amide bonds. The number of hydrazine groups is 1. The summed E-state index contributed by atoms with van der Waals surface area (Å²) >= 11 is 0. The Bertz CT molecular complexity index is 285. The number of aryl methyl sites for hydroxylation is 1. The predicted octanol–water partition coefficient (Wildman–Crippen LogP) is 2.41. The Morgan fingerprint density at radius 1 is 1.27 bits per heavy atom. The van der Waals surface area contributed by atoms with E-state index >= 15 is 0 Å². The Morgan fingerprint density at radius 3 is 2.27 bits per heavy atom. The van der Waals surface area contributed by atoms with Crippen molar-refractivity contribution in [3.05, 3.63) is 35.4 Å². The van der Waals surface area contributed by atoms with E-state index in [0.29, 0.717) is 5.56 Å². The van der Waals surface area contributed by atoms with Crippen LogP contribution in [-0.4, -0.2) is 6.43 Å². The molecule has 0 radical (unpaired) electrons. The van der Waals surface area contributed by atoms with Crippen molar-refractivity contribution in [2.24, 2.45) is 5.84 Å². The number of rotatable bonds is 5. The molecular weight excluding hydrogens is 198 g/mol. The second-order valence-corrected chi connectivity index (χ2v) is 3.47. The van der Waals surface area contributed by atoms with Gasteiger partial charge in [0.15, 0.2) is 0 Å². The van der Waals surface area contributed by atoms with Gasteiger partial charge in [-0.15, -0.1) is 0 Å². The van der Waals surface area contributed by atoms with Crippen LogP contribution in [0.3, 0.4) is 0 Å². The topological polar surface area (TPSA) is 38.0 Å². The van der Waals surface area contributed by atoms with Crippen LogP contribution in [0.5, 0.6) is 0 Å². The van der Waals surface area contributed by atoms with Crippen LogP contribution < -0.4 is 11.3 Å². The molecule has 1 unspecified atom stereocenters. The number of benzene rings is 1. The molecule has 0 aromatic heterocycles. The molecule has 1 aromatic carbocycles. The molecule has 0 bridgehead atoms. The first-order valence-electron chi connectivity index (χ1n) is 5.02. The third-order valence-electron chi connectivity index (χ3n) is 2.31. The van der Waals surface area contributed by atoms with Gasteiger partial charge in [0.1, 0.15) is 6.04 Å². The zero-order valence-electron chi connectivity index (χ0n) is 8.71. The van der Waals surface area contributed by atoms with Crippen molar-refractivity contribution in [3.8, 4) is 0 Å². The maximum atomic E-state index is 12.5. The highest BCUT2D eigenvalue weighted by Gasteiger charge is 2.20. The van der Waals surface area contributed by atoms with E-state index in [9.17, 15) is 8.78 Å². The molecule has 2 nitrogen and oxygen atoms in total. The van der Waals surface area contributed by atoms with E-state index in [0.717, 1.165) is 18.4 Å². The summed E-state index contributed by atoms with van der Waals surface area (Å²) in [5, 5.41) is 0. The van der Waals surface area contributed by atoms with Crippen LogP contribution in [0, 0.1) is 0 Å². The fourth-order valence-electron chi connectivity index (χ4n) is 1.49. The number of halogens is 2. The van der Waals surface area contributed by atoms with E-state index < -0.39 is 12.5 Å². The van der Waals surface area contributed by atoms with Gasteiger partial charge in [-0.1, -0.05) is 37.6 Å². The summed E-state index contributed by atoms with van der Waals surface area (Å²) in [6.45, 7) is 2.08. The molecule has 1 aromatic rings. The summed E-state index contributed by atoms with van der Waals surface area (Å²) < 4.78 is 25.0. The molecule has 0 saturated heterocycles. The average molecular weight is 214 g/mol. The van der Waals surface area contributed by atoms with Crippen molar-refractivity contribution in [2.75, 3.05) is 0 Å². The lowest BCUT2D eigenvalue weighted by molar-refractivity contribution is 0.0986. The van der Waals surface area contributed by atoms with Crippen LogP contribution in [0.4, 0.5) is 8.78 Å². The first-order valence-corrected chi connectivity index (χ1v) is 5.02. The smallest absolute Gasteiger partial charge is 0.259 e. The molecule has 0 aliphatic carbocycles. The summed E-state index contributed by atoms with van der Waals surface area (Å²) in [5.41, 5.74) is 3.80. The Labute approximate surface area is 88.4 Å². The van der Waals surface area contributed by atoms with E-state index in [2.05, 4.69) is 12.3 Å². The summed E-state index contributed by atoms with van der Waals surface area (Å²) in [6.07, 6.45) is -0.477. The fraction of sp³-hybridized carbons (Fsp3) is 0.455. The van der Waals surface area contributed by atoms with Crippen LogP contribution in [0.25, 0.3) is 0 Å². The Kier molecular flexibility index (Phi) is 4.65. The molecule has 0 heterocycles. The second kappa shape index (κ2) is 5.78. The highest BCUT2D eigenvalue weighted by Crippen LogP contribution is 2.20. The van der Waals surface area contributed by atoms with Crippen LogP contribution in [-0.2, 0) is 6.42 Å². The SMILES string of the molecule is CCCc1ccc(C(NN)C(F)F)cc1. The van der Waals surface area contributed by atoms with Gasteiger partial charge < -0.3 is 0 Å². The predicted molar refractivity (Wildman–Crippen MR) is 56.5 cm³/mol. The van der Waals surface area contributed by atoms with E-state index in [1.165, 1.54) is 0 Å². The zero-order valence-corrected chi connectivity index (χ0v) is 8.71. The Hall–Kier alpha value is -1.00. The minimum Gasteiger partial charge on any atom is -0.271 e. The van der Waals surface area contributed by atoms with E-state index in [-0.39, 0.29) is 0 Å². The van der Waals surface area contributed by atoms with E-state index in [1.54, 1.807) is 12.1 Å². The summed E-state index contributed by atoms with van der Waals surface area (Å²) in [7, 11) is 0. The van der Waals surface area contributed by atoms with E-state index in [1.807, 2.05) is 12.1 Å². The minimum atomic E-state index is -2.49. The first kappa shape index (κ1) is 12.1. The van der Waals surface area contributed by atoms with Crippen LogP contribution in [0.15, 0.2) is 24.3 Å². The van der Waals surface area contributed by atoms with Crippen molar-refractivity contribution in [1.82, 2.24) is 5.43 Å². The van der Waals surface area contributed by atoms with Crippen molar-refractivity contribution in [1.29, 1.82) is 0 Å². The summed E-state index contributed by atoms with van der Waals surface area (Å²) in [4.78, 5) is 0. The monoisotopic (exact) mass is 214 g/mol. The standard InChI is InChI=1S/C11H16F2N2/c1-2-3-8-4-6-9(7-5-8)10(15-14)11(12)13/h4-7,10-11,15H,2-3,14H2,1H3. The van der Waals surface area contributed by atoms with Gasteiger partial charge in [0, 0.05) is 0 Å². The van der Waals surface area contributed by atoms with Crippen molar-refractivity contribution in [3.63, 3.8) is 0 Å². The fourth-order valence-corrected chi connectivity index (χ4v) is 1.49. The number of hydrogen-bond acceptors (Lipinski definition) is 2. The number of nitrogens with two attached hydrogens (primary N) is 1. The maximum absolute atomic E-state index is 12.5. The third kappa shape index (κ3) is 3.25. The van der Waals surface area contributed by atoms with Crippen molar-refractivity contribution < 1.29 is 8.78 Å². The largest absolute Gasteiger partial charge is 0.271 e. The number of alkyl halides is 2. The van der Waals surface area contributed by atoms with Gasteiger partial charge in [-0.2, -0.15) is 0 Å². The average Bonchev–Trinajstić information content (AvgIpc) is 2.21. The molecule has 0 saturated carbocycles. The second-order valence-electron chi connectivity index (χ2n) is 3.47. The van der Waals surface area contributed by atoms with Gasteiger partial charge in [-0.25, -0.2) is 14.2 Å². The van der Waals surface area contributed by atoms with Gasteiger partial charge in [0.2, 0.25) is 0 Å². The highest BCUT2D eigenvalue weighted by molar-refractivity contribution is 5.25. The Balaban J connectivity index is 2.77. The zero-order chi connectivity index (χ0) is 11.3. The van der Waals surface area contributed by atoms with Crippen LogP contribution in [0.1, 0.15) is 30.5 Å².